The maximum Gasteiger partial charge on any atom is 0.197 e. The molecule has 0 aromatic carbocycles. The van der Waals surface area contributed by atoms with Crippen molar-refractivity contribution >= 4 is 27.2 Å². The Labute approximate surface area is 113 Å². The largest absolute Gasteiger partial charge is 0.379 e. The molecule has 3 rings (SSSR count). The van der Waals surface area contributed by atoms with Crippen molar-refractivity contribution in [3.05, 3.63) is 17.1 Å². The Morgan fingerprint density at radius 1 is 1.22 bits per heavy atom. The van der Waals surface area contributed by atoms with E-state index in [-0.39, 0.29) is 0 Å². The summed E-state index contributed by atoms with van der Waals surface area (Å²) < 4.78 is 8.12. The van der Waals surface area contributed by atoms with Crippen LogP contribution in [-0.4, -0.2) is 57.3 Å². The van der Waals surface area contributed by atoms with Gasteiger partial charge in [0.15, 0.2) is 11.3 Å². The van der Waals surface area contributed by atoms with Crippen molar-refractivity contribution in [3.8, 4) is 0 Å². The molecule has 2 aromatic heterocycles. The number of aromatic nitrogens is 4. The van der Waals surface area contributed by atoms with Gasteiger partial charge in [0.1, 0.15) is 4.60 Å². The van der Waals surface area contributed by atoms with Crippen molar-refractivity contribution < 1.29 is 4.74 Å². The van der Waals surface area contributed by atoms with Gasteiger partial charge in [-0.15, -0.1) is 0 Å². The third-order valence-electron chi connectivity index (χ3n) is 3.06. The molecule has 1 saturated heterocycles. The zero-order valence-electron chi connectivity index (χ0n) is 9.92. The van der Waals surface area contributed by atoms with Crippen LogP contribution < -0.4 is 0 Å². The number of ether oxygens (including phenoxy) is 1. The minimum atomic E-state index is 0.695. The Kier molecular flexibility index (Phi) is 3.53. The lowest BCUT2D eigenvalue weighted by atomic mass is 10.4. The van der Waals surface area contributed by atoms with Gasteiger partial charge in [-0.2, -0.15) is 0 Å². The average Bonchev–Trinajstić information content (AvgIpc) is 2.80. The molecule has 0 aliphatic carbocycles. The summed E-state index contributed by atoms with van der Waals surface area (Å²) in [6.45, 7) is 5.53. The molecule has 0 unspecified atom stereocenters. The van der Waals surface area contributed by atoms with E-state index in [4.69, 9.17) is 4.74 Å². The minimum Gasteiger partial charge on any atom is -0.379 e. The number of halogens is 1. The lowest BCUT2D eigenvalue weighted by Crippen LogP contribution is -2.38. The van der Waals surface area contributed by atoms with Crippen LogP contribution in [-0.2, 0) is 11.3 Å². The number of hydrogen-bond acceptors (Lipinski definition) is 5. The van der Waals surface area contributed by atoms with E-state index < -0.39 is 0 Å². The van der Waals surface area contributed by atoms with E-state index in [0.717, 1.165) is 49.6 Å². The van der Waals surface area contributed by atoms with Crippen LogP contribution in [0.5, 0.6) is 0 Å². The summed E-state index contributed by atoms with van der Waals surface area (Å²) in [6.07, 6.45) is 3.47. The fourth-order valence-electron chi connectivity index (χ4n) is 2.05. The van der Waals surface area contributed by atoms with Gasteiger partial charge in [0.05, 0.1) is 25.7 Å². The Morgan fingerprint density at radius 3 is 2.89 bits per heavy atom. The van der Waals surface area contributed by atoms with Crippen LogP contribution >= 0.6 is 15.9 Å². The Balaban J connectivity index is 1.72. The summed E-state index contributed by atoms with van der Waals surface area (Å²) in [6, 6.07) is 0. The maximum absolute atomic E-state index is 5.33. The summed E-state index contributed by atoms with van der Waals surface area (Å²) in [5, 5.41) is 0. The molecule has 0 atom stereocenters. The molecular formula is C11H14BrN5O. The quantitative estimate of drug-likeness (QED) is 0.844. The number of fused-ring (bicyclic) bond motifs is 1. The first-order chi connectivity index (χ1) is 8.83. The first-order valence-electron chi connectivity index (χ1n) is 5.96. The second-order valence-electron chi connectivity index (χ2n) is 4.23. The number of nitrogens with zero attached hydrogens (tertiary/aromatic N) is 5. The van der Waals surface area contributed by atoms with Crippen LogP contribution in [0.2, 0.25) is 0 Å². The zero-order valence-corrected chi connectivity index (χ0v) is 11.5. The predicted octanol–water partition coefficient (Wildman–Crippen LogP) is 0.921. The van der Waals surface area contributed by atoms with Crippen LogP contribution in [0.1, 0.15) is 0 Å². The van der Waals surface area contributed by atoms with Gasteiger partial charge in [0.2, 0.25) is 0 Å². The van der Waals surface area contributed by atoms with Gasteiger partial charge >= 0.3 is 0 Å². The maximum atomic E-state index is 5.33. The molecule has 0 radical (unpaired) electrons. The van der Waals surface area contributed by atoms with Gasteiger partial charge < -0.3 is 9.30 Å². The lowest BCUT2D eigenvalue weighted by Gasteiger charge is -2.26. The van der Waals surface area contributed by atoms with Crippen molar-refractivity contribution in [1.29, 1.82) is 0 Å². The molecule has 7 heteroatoms. The van der Waals surface area contributed by atoms with Crippen LogP contribution in [0, 0.1) is 0 Å². The summed E-state index contributed by atoms with van der Waals surface area (Å²) >= 11 is 3.34. The van der Waals surface area contributed by atoms with E-state index >= 15 is 0 Å². The van der Waals surface area contributed by atoms with Crippen LogP contribution in [0.25, 0.3) is 11.3 Å². The smallest absolute Gasteiger partial charge is 0.197 e. The summed E-state index contributed by atoms with van der Waals surface area (Å²) in [7, 11) is 0. The van der Waals surface area contributed by atoms with Gasteiger partial charge in [-0.3, -0.25) is 4.90 Å². The monoisotopic (exact) mass is 311 g/mol. The van der Waals surface area contributed by atoms with E-state index in [1.54, 1.807) is 12.5 Å². The zero-order chi connectivity index (χ0) is 12.4. The topological polar surface area (TPSA) is 56.1 Å². The van der Waals surface area contributed by atoms with Gasteiger partial charge in [-0.1, -0.05) is 0 Å². The molecule has 0 amide bonds. The van der Waals surface area contributed by atoms with Crippen molar-refractivity contribution in [2.24, 2.45) is 0 Å². The average molecular weight is 312 g/mol. The van der Waals surface area contributed by atoms with Crippen molar-refractivity contribution in [2.45, 2.75) is 6.54 Å². The lowest BCUT2D eigenvalue weighted by molar-refractivity contribution is 0.0365. The molecule has 96 valence electrons. The third-order valence-corrected chi connectivity index (χ3v) is 3.44. The fraction of sp³-hybridized carbons (Fsp3) is 0.545. The molecule has 0 saturated carbocycles. The molecule has 2 aromatic rings. The molecule has 6 nitrogen and oxygen atoms in total. The van der Waals surface area contributed by atoms with E-state index in [1.807, 2.05) is 4.57 Å². The number of rotatable bonds is 3. The normalized spacial score (nSPS) is 17.4. The van der Waals surface area contributed by atoms with Gasteiger partial charge in [-0.25, -0.2) is 15.0 Å². The molecule has 3 heterocycles. The highest BCUT2D eigenvalue weighted by atomic mass is 79.9. The second-order valence-corrected chi connectivity index (χ2v) is 5.04. The number of morpholine rings is 1. The molecule has 0 N–H and O–H groups in total. The summed E-state index contributed by atoms with van der Waals surface area (Å²) in [4.78, 5) is 15.3. The van der Waals surface area contributed by atoms with E-state index in [9.17, 15) is 0 Å². The predicted molar refractivity (Wildman–Crippen MR) is 70.3 cm³/mol. The van der Waals surface area contributed by atoms with Crippen LogP contribution in [0.15, 0.2) is 17.1 Å². The highest BCUT2D eigenvalue weighted by Crippen LogP contribution is 2.11. The third kappa shape index (κ3) is 2.52. The number of hydrogen-bond donors (Lipinski definition) is 0. The van der Waals surface area contributed by atoms with E-state index in [2.05, 4.69) is 35.8 Å². The standard InChI is InChI=1S/C11H14BrN5O/c12-9-7-13-10-11(15-9)17(8-14-10)2-1-16-3-5-18-6-4-16/h7-8H,1-6H2. The van der Waals surface area contributed by atoms with Gasteiger partial charge in [0.25, 0.3) is 0 Å². The highest BCUT2D eigenvalue weighted by molar-refractivity contribution is 9.10. The molecular weight excluding hydrogens is 298 g/mol. The summed E-state index contributed by atoms with van der Waals surface area (Å²) in [5.74, 6) is 0. The molecule has 0 spiro atoms. The number of imidazole rings is 1. The van der Waals surface area contributed by atoms with E-state index in [1.165, 1.54) is 0 Å². The van der Waals surface area contributed by atoms with Crippen molar-refractivity contribution in [1.82, 2.24) is 24.4 Å². The Hall–Kier alpha value is -1.05. The van der Waals surface area contributed by atoms with E-state index in [0.29, 0.717) is 5.65 Å². The van der Waals surface area contributed by atoms with Gasteiger partial charge in [-0.05, 0) is 15.9 Å². The molecule has 1 aliphatic rings. The molecule has 18 heavy (non-hydrogen) atoms. The second kappa shape index (κ2) is 5.29. The van der Waals surface area contributed by atoms with Gasteiger partial charge in [0, 0.05) is 26.2 Å². The minimum absolute atomic E-state index is 0.695. The van der Waals surface area contributed by atoms with Crippen LogP contribution in [0.4, 0.5) is 0 Å². The first kappa shape index (κ1) is 12.0. The summed E-state index contributed by atoms with van der Waals surface area (Å²) in [5.41, 5.74) is 1.53. The van der Waals surface area contributed by atoms with Crippen molar-refractivity contribution in [2.75, 3.05) is 32.8 Å². The Bertz CT molecular complexity index is 537. The fourth-order valence-corrected chi connectivity index (χ4v) is 2.32. The molecule has 1 aliphatic heterocycles. The Morgan fingerprint density at radius 2 is 2.06 bits per heavy atom. The molecule has 0 bridgehead atoms. The first-order valence-corrected chi connectivity index (χ1v) is 6.76. The van der Waals surface area contributed by atoms with Crippen molar-refractivity contribution in [3.63, 3.8) is 0 Å². The van der Waals surface area contributed by atoms with Crippen LogP contribution in [0.3, 0.4) is 0 Å². The molecule has 1 fully saturated rings. The highest BCUT2D eigenvalue weighted by Gasteiger charge is 2.11. The SMILES string of the molecule is Brc1cnc2ncn(CCN3CCOCC3)c2n1.